The SMILES string of the molecule is CCN(CC1CCN(Cc2ccccc2)C1)C(=O)[C@@H](N)CCSC.Cl. The Morgan fingerprint density at radius 1 is 1.40 bits per heavy atom. The van der Waals surface area contributed by atoms with Crippen molar-refractivity contribution in [3.8, 4) is 0 Å². The molecule has 0 spiro atoms. The predicted molar refractivity (Wildman–Crippen MR) is 110 cm³/mol. The van der Waals surface area contributed by atoms with E-state index >= 15 is 0 Å². The van der Waals surface area contributed by atoms with Crippen LogP contribution in [0.1, 0.15) is 25.3 Å². The predicted octanol–water partition coefficient (Wildman–Crippen LogP) is 2.86. The lowest BCUT2D eigenvalue weighted by atomic mass is 10.1. The molecule has 0 aliphatic carbocycles. The Labute approximate surface area is 162 Å². The van der Waals surface area contributed by atoms with Crippen molar-refractivity contribution in [3.05, 3.63) is 35.9 Å². The highest BCUT2D eigenvalue weighted by atomic mass is 35.5. The molecule has 1 aromatic carbocycles. The van der Waals surface area contributed by atoms with Gasteiger partial charge in [0, 0.05) is 26.2 Å². The number of amides is 1. The van der Waals surface area contributed by atoms with Crippen LogP contribution in [0.15, 0.2) is 30.3 Å². The van der Waals surface area contributed by atoms with Gasteiger partial charge in [-0.15, -0.1) is 12.4 Å². The first-order valence-electron chi connectivity index (χ1n) is 8.93. The fourth-order valence-corrected chi connectivity index (χ4v) is 3.83. The van der Waals surface area contributed by atoms with Gasteiger partial charge in [0.15, 0.2) is 0 Å². The summed E-state index contributed by atoms with van der Waals surface area (Å²) in [5.74, 6) is 1.62. The second-order valence-electron chi connectivity index (χ2n) is 6.64. The van der Waals surface area contributed by atoms with Gasteiger partial charge in [0.1, 0.15) is 0 Å². The summed E-state index contributed by atoms with van der Waals surface area (Å²) in [5, 5.41) is 0. The number of carbonyl (C=O) groups excluding carboxylic acids is 1. The fourth-order valence-electron chi connectivity index (χ4n) is 3.34. The van der Waals surface area contributed by atoms with E-state index in [0.29, 0.717) is 5.92 Å². The van der Waals surface area contributed by atoms with Crippen LogP contribution in [0.3, 0.4) is 0 Å². The lowest BCUT2D eigenvalue weighted by Gasteiger charge is -2.27. The summed E-state index contributed by atoms with van der Waals surface area (Å²) >= 11 is 1.74. The monoisotopic (exact) mass is 385 g/mol. The molecule has 0 saturated carbocycles. The van der Waals surface area contributed by atoms with Gasteiger partial charge in [-0.2, -0.15) is 11.8 Å². The maximum absolute atomic E-state index is 12.5. The van der Waals surface area contributed by atoms with Crippen LogP contribution in [0.4, 0.5) is 0 Å². The van der Waals surface area contributed by atoms with Crippen LogP contribution in [0.2, 0.25) is 0 Å². The van der Waals surface area contributed by atoms with E-state index in [1.54, 1.807) is 11.8 Å². The maximum atomic E-state index is 12.5. The molecule has 6 heteroatoms. The molecule has 1 aromatic rings. The Balaban J connectivity index is 0.00000312. The zero-order valence-electron chi connectivity index (χ0n) is 15.4. The summed E-state index contributed by atoms with van der Waals surface area (Å²) in [6, 6.07) is 10.3. The van der Waals surface area contributed by atoms with E-state index in [-0.39, 0.29) is 24.4 Å². The number of rotatable bonds is 9. The third-order valence-corrected chi connectivity index (χ3v) is 5.39. The Kier molecular flexibility index (Phi) is 10.5. The number of halogens is 1. The molecule has 142 valence electrons. The second-order valence-corrected chi connectivity index (χ2v) is 7.63. The highest BCUT2D eigenvalue weighted by Gasteiger charge is 2.27. The number of nitrogens with two attached hydrogens (primary N) is 1. The first kappa shape index (κ1) is 22.3. The van der Waals surface area contributed by atoms with Crippen LogP contribution in [0, 0.1) is 5.92 Å². The van der Waals surface area contributed by atoms with E-state index in [4.69, 9.17) is 5.73 Å². The van der Waals surface area contributed by atoms with E-state index in [1.165, 1.54) is 5.56 Å². The van der Waals surface area contributed by atoms with Gasteiger partial charge < -0.3 is 10.6 Å². The molecule has 2 atom stereocenters. The molecular weight excluding hydrogens is 354 g/mol. The van der Waals surface area contributed by atoms with Gasteiger partial charge in [-0.05, 0) is 49.8 Å². The minimum Gasteiger partial charge on any atom is -0.341 e. The third-order valence-electron chi connectivity index (χ3n) is 4.74. The fraction of sp³-hybridized carbons (Fsp3) is 0.632. The van der Waals surface area contributed by atoms with Crippen LogP contribution in [0.5, 0.6) is 0 Å². The summed E-state index contributed by atoms with van der Waals surface area (Å²) in [6.07, 6.45) is 3.98. The molecule has 1 amide bonds. The van der Waals surface area contributed by atoms with Crippen molar-refractivity contribution in [1.82, 2.24) is 9.80 Å². The zero-order chi connectivity index (χ0) is 17.4. The molecule has 2 N–H and O–H groups in total. The van der Waals surface area contributed by atoms with Crippen LogP contribution in [-0.4, -0.2) is 59.9 Å². The van der Waals surface area contributed by atoms with Gasteiger partial charge in [0.05, 0.1) is 6.04 Å². The second kappa shape index (κ2) is 11.8. The summed E-state index contributed by atoms with van der Waals surface area (Å²) in [7, 11) is 0. The molecule has 1 aliphatic rings. The van der Waals surface area contributed by atoms with Crippen LogP contribution >= 0.6 is 24.2 Å². The van der Waals surface area contributed by atoms with E-state index in [9.17, 15) is 4.79 Å². The van der Waals surface area contributed by atoms with Crippen molar-refractivity contribution in [2.45, 2.75) is 32.4 Å². The molecular formula is C19H32ClN3OS. The highest BCUT2D eigenvalue weighted by molar-refractivity contribution is 7.98. The highest BCUT2D eigenvalue weighted by Crippen LogP contribution is 2.20. The lowest BCUT2D eigenvalue weighted by Crippen LogP contribution is -2.46. The van der Waals surface area contributed by atoms with E-state index in [2.05, 4.69) is 48.4 Å². The number of thioether (sulfide) groups is 1. The number of hydrogen-bond acceptors (Lipinski definition) is 4. The topological polar surface area (TPSA) is 49.6 Å². The van der Waals surface area contributed by atoms with Gasteiger partial charge in [0.2, 0.25) is 5.91 Å². The summed E-state index contributed by atoms with van der Waals surface area (Å²) in [5.41, 5.74) is 7.43. The number of likely N-dealkylation sites (N-methyl/N-ethyl adjacent to an activating group) is 1. The van der Waals surface area contributed by atoms with E-state index in [1.807, 2.05) is 4.90 Å². The molecule has 1 heterocycles. The summed E-state index contributed by atoms with van der Waals surface area (Å²) in [4.78, 5) is 17.0. The van der Waals surface area contributed by atoms with Crippen molar-refractivity contribution in [1.29, 1.82) is 0 Å². The van der Waals surface area contributed by atoms with Crippen molar-refractivity contribution >= 4 is 30.1 Å². The number of carbonyl (C=O) groups is 1. The zero-order valence-corrected chi connectivity index (χ0v) is 17.0. The number of benzene rings is 1. The minimum absolute atomic E-state index is 0. The average Bonchev–Trinajstić information content (AvgIpc) is 3.04. The van der Waals surface area contributed by atoms with Crippen molar-refractivity contribution in [2.75, 3.05) is 38.2 Å². The molecule has 2 rings (SSSR count). The Hall–Kier alpha value is -0.750. The van der Waals surface area contributed by atoms with Crippen LogP contribution in [-0.2, 0) is 11.3 Å². The molecule has 1 aliphatic heterocycles. The van der Waals surface area contributed by atoms with Gasteiger partial charge >= 0.3 is 0 Å². The van der Waals surface area contributed by atoms with Crippen molar-refractivity contribution in [3.63, 3.8) is 0 Å². The maximum Gasteiger partial charge on any atom is 0.239 e. The van der Waals surface area contributed by atoms with Gasteiger partial charge in [0.25, 0.3) is 0 Å². The van der Waals surface area contributed by atoms with E-state index < -0.39 is 0 Å². The largest absolute Gasteiger partial charge is 0.341 e. The number of nitrogens with zero attached hydrogens (tertiary/aromatic N) is 2. The normalized spacial score (nSPS) is 18.6. The molecule has 1 unspecified atom stereocenters. The standard InChI is InChI=1S/C19H31N3OS.ClH/c1-3-22(19(23)18(20)10-12-24-2)15-17-9-11-21(14-17)13-16-7-5-4-6-8-16;/h4-8,17-18H,3,9-15,20H2,1-2H3;1H/t17?,18-;/m0./s1. The van der Waals surface area contributed by atoms with Gasteiger partial charge in [-0.3, -0.25) is 9.69 Å². The first-order chi connectivity index (χ1) is 11.6. The molecule has 25 heavy (non-hydrogen) atoms. The van der Waals surface area contributed by atoms with Gasteiger partial charge in [-0.1, -0.05) is 30.3 Å². The van der Waals surface area contributed by atoms with Crippen molar-refractivity contribution in [2.24, 2.45) is 11.7 Å². The lowest BCUT2D eigenvalue weighted by molar-refractivity contribution is -0.133. The number of likely N-dealkylation sites (tertiary alicyclic amines) is 1. The van der Waals surface area contributed by atoms with Crippen molar-refractivity contribution < 1.29 is 4.79 Å². The Morgan fingerprint density at radius 3 is 2.76 bits per heavy atom. The van der Waals surface area contributed by atoms with Gasteiger partial charge in [-0.25, -0.2) is 0 Å². The smallest absolute Gasteiger partial charge is 0.239 e. The Bertz CT molecular complexity index is 503. The molecule has 1 fully saturated rings. The molecule has 0 bridgehead atoms. The molecule has 0 radical (unpaired) electrons. The minimum atomic E-state index is -0.348. The molecule has 4 nitrogen and oxygen atoms in total. The molecule has 0 aromatic heterocycles. The summed E-state index contributed by atoms with van der Waals surface area (Å²) in [6.45, 7) is 6.83. The molecule has 1 saturated heterocycles. The number of hydrogen-bond donors (Lipinski definition) is 1. The Morgan fingerprint density at radius 2 is 2.12 bits per heavy atom. The first-order valence-corrected chi connectivity index (χ1v) is 10.3. The van der Waals surface area contributed by atoms with Crippen LogP contribution in [0.25, 0.3) is 0 Å². The van der Waals surface area contributed by atoms with E-state index in [0.717, 1.165) is 51.3 Å². The average molecular weight is 386 g/mol. The summed E-state index contributed by atoms with van der Waals surface area (Å²) < 4.78 is 0. The van der Waals surface area contributed by atoms with Crippen LogP contribution < -0.4 is 5.73 Å². The quantitative estimate of drug-likeness (QED) is 0.710. The third kappa shape index (κ3) is 7.18.